The Hall–Kier alpha value is -0.790. The van der Waals surface area contributed by atoms with Crippen LogP contribution in [0, 0.1) is 13.1 Å². The van der Waals surface area contributed by atoms with Crippen molar-refractivity contribution in [1.29, 1.82) is 0 Å². The largest absolute Gasteiger partial charge is 0.276 e. The Kier molecular flexibility index (Phi) is 0.891. The summed E-state index contributed by atoms with van der Waals surface area (Å²) in [5.41, 5.74) is 2.42. The number of aromatic nitrogens is 2. The Balaban J connectivity index is 2.35. The lowest BCUT2D eigenvalue weighted by Gasteiger charge is -1.87. The van der Waals surface area contributed by atoms with E-state index in [1.807, 2.05) is 6.92 Å². The van der Waals surface area contributed by atoms with E-state index >= 15 is 0 Å². The smallest absolute Gasteiger partial charge is 0.0869 e. The summed E-state index contributed by atoms with van der Waals surface area (Å²) >= 11 is 0. The van der Waals surface area contributed by atoms with Crippen LogP contribution in [0.25, 0.3) is 0 Å². The highest BCUT2D eigenvalue weighted by Crippen LogP contribution is 2.40. The lowest BCUT2D eigenvalue weighted by Crippen LogP contribution is -1.78. The minimum Gasteiger partial charge on any atom is -0.276 e. The SMILES string of the molecule is Cc1n[nH][c]c1C1CC1. The van der Waals surface area contributed by atoms with Crippen LogP contribution in [0.15, 0.2) is 0 Å². The van der Waals surface area contributed by atoms with Gasteiger partial charge in [0, 0.05) is 5.56 Å². The van der Waals surface area contributed by atoms with Crippen molar-refractivity contribution in [3.63, 3.8) is 0 Å². The van der Waals surface area contributed by atoms with Gasteiger partial charge < -0.3 is 0 Å². The van der Waals surface area contributed by atoms with Crippen LogP contribution in [0.3, 0.4) is 0 Å². The van der Waals surface area contributed by atoms with E-state index in [0.717, 1.165) is 11.6 Å². The summed E-state index contributed by atoms with van der Waals surface area (Å²) in [6.45, 7) is 2.03. The third-order valence-electron chi connectivity index (χ3n) is 1.79. The predicted molar refractivity (Wildman–Crippen MR) is 34.1 cm³/mol. The molecule has 2 heteroatoms. The van der Waals surface area contributed by atoms with Crippen LogP contribution in [-0.4, -0.2) is 10.2 Å². The van der Waals surface area contributed by atoms with E-state index in [2.05, 4.69) is 16.4 Å². The predicted octanol–water partition coefficient (Wildman–Crippen LogP) is 1.40. The summed E-state index contributed by atoms with van der Waals surface area (Å²) in [4.78, 5) is 0. The quantitative estimate of drug-likeness (QED) is 0.597. The van der Waals surface area contributed by atoms with Crippen LogP contribution in [-0.2, 0) is 0 Å². The molecule has 1 aliphatic carbocycles. The number of nitrogens with zero attached hydrogens (tertiary/aromatic N) is 1. The van der Waals surface area contributed by atoms with Crippen LogP contribution in [0.2, 0.25) is 0 Å². The summed E-state index contributed by atoms with van der Waals surface area (Å²) in [5, 5.41) is 6.74. The number of hydrogen-bond acceptors (Lipinski definition) is 1. The van der Waals surface area contributed by atoms with Gasteiger partial charge in [-0.3, -0.25) is 5.10 Å². The van der Waals surface area contributed by atoms with Crippen LogP contribution < -0.4 is 0 Å². The molecule has 2 nitrogen and oxygen atoms in total. The van der Waals surface area contributed by atoms with Gasteiger partial charge in [-0.1, -0.05) is 0 Å². The van der Waals surface area contributed by atoms with E-state index in [0.29, 0.717) is 0 Å². The molecule has 1 N–H and O–H groups in total. The summed E-state index contributed by atoms with van der Waals surface area (Å²) in [6, 6.07) is 0. The standard InChI is InChI=1S/C7H9N2/c1-5-7(4-8-9-5)6-2-3-6/h6H,2-3H2,1H3,(H,8,9). The zero-order valence-electron chi connectivity index (χ0n) is 5.44. The van der Waals surface area contributed by atoms with Crippen molar-refractivity contribution < 1.29 is 0 Å². The molecule has 0 atom stereocenters. The van der Waals surface area contributed by atoms with Crippen molar-refractivity contribution in [3.05, 3.63) is 17.5 Å². The second kappa shape index (κ2) is 1.59. The third-order valence-corrected chi connectivity index (χ3v) is 1.79. The number of hydrogen-bond donors (Lipinski definition) is 1. The first-order chi connectivity index (χ1) is 4.38. The maximum atomic E-state index is 4.00. The molecular formula is C7H9N2. The van der Waals surface area contributed by atoms with Gasteiger partial charge >= 0.3 is 0 Å². The van der Waals surface area contributed by atoms with Gasteiger partial charge in [-0.15, -0.1) is 0 Å². The molecule has 0 amide bonds. The van der Waals surface area contributed by atoms with Gasteiger partial charge in [-0.05, 0) is 25.7 Å². The Bertz CT molecular complexity index is 210. The topological polar surface area (TPSA) is 28.7 Å². The molecule has 1 radical (unpaired) electrons. The Morgan fingerprint density at radius 3 is 2.89 bits per heavy atom. The Morgan fingerprint density at radius 2 is 2.44 bits per heavy atom. The molecule has 47 valence electrons. The van der Waals surface area contributed by atoms with Crippen molar-refractivity contribution in [1.82, 2.24) is 10.2 Å². The monoisotopic (exact) mass is 121 g/mol. The molecule has 1 fully saturated rings. The molecule has 1 aromatic heterocycles. The van der Waals surface area contributed by atoms with E-state index in [4.69, 9.17) is 0 Å². The zero-order valence-corrected chi connectivity index (χ0v) is 5.44. The number of aryl methyl sites for hydroxylation is 1. The molecule has 1 saturated carbocycles. The van der Waals surface area contributed by atoms with Crippen molar-refractivity contribution in [2.75, 3.05) is 0 Å². The summed E-state index contributed by atoms with van der Waals surface area (Å²) < 4.78 is 0. The lowest BCUT2D eigenvalue weighted by atomic mass is 10.2. The molecule has 0 spiro atoms. The van der Waals surface area contributed by atoms with Crippen molar-refractivity contribution in [2.45, 2.75) is 25.7 Å². The first-order valence-corrected chi connectivity index (χ1v) is 3.30. The average Bonchev–Trinajstić information content (AvgIpc) is 2.58. The van der Waals surface area contributed by atoms with Crippen molar-refractivity contribution >= 4 is 0 Å². The Labute approximate surface area is 54.3 Å². The maximum absolute atomic E-state index is 4.00. The summed E-state index contributed by atoms with van der Waals surface area (Å²) in [6.07, 6.45) is 5.69. The fourth-order valence-corrected chi connectivity index (χ4v) is 1.09. The molecule has 2 rings (SSSR count). The van der Waals surface area contributed by atoms with Crippen LogP contribution in [0.4, 0.5) is 0 Å². The van der Waals surface area contributed by atoms with Crippen molar-refractivity contribution in [3.8, 4) is 0 Å². The van der Waals surface area contributed by atoms with E-state index in [9.17, 15) is 0 Å². The van der Waals surface area contributed by atoms with Crippen molar-refractivity contribution in [2.24, 2.45) is 0 Å². The van der Waals surface area contributed by atoms with Crippen LogP contribution in [0.5, 0.6) is 0 Å². The number of rotatable bonds is 1. The fraction of sp³-hybridized carbons (Fsp3) is 0.571. The van der Waals surface area contributed by atoms with Gasteiger partial charge in [0.25, 0.3) is 0 Å². The summed E-state index contributed by atoms with van der Waals surface area (Å²) in [7, 11) is 0. The van der Waals surface area contributed by atoms with Crippen LogP contribution >= 0.6 is 0 Å². The van der Waals surface area contributed by atoms with E-state index in [1.165, 1.54) is 18.4 Å². The van der Waals surface area contributed by atoms with Gasteiger partial charge in [0.1, 0.15) is 0 Å². The molecular weight excluding hydrogens is 112 g/mol. The molecule has 9 heavy (non-hydrogen) atoms. The van der Waals surface area contributed by atoms with Crippen LogP contribution in [0.1, 0.15) is 30.0 Å². The normalized spacial score (nSPS) is 18.3. The lowest BCUT2D eigenvalue weighted by molar-refractivity contribution is 1.03. The zero-order chi connectivity index (χ0) is 6.27. The Morgan fingerprint density at radius 1 is 1.67 bits per heavy atom. The molecule has 0 aromatic carbocycles. The average molecular weight is 121 g/mol. The molecule has 1 aliphatic rings. The fourth-order valence-electron chi connectivity index (χ4n) is 1.09. The van der Waals surface area contributed by atoms with Gasteiger partial charge in [-0.2, -0.15) is 5.10 Å². The minimum absolute atomic E-state index is 0.781. The second-order valence-corrected chi connectivity index (χ2v) is 2.62. The molecule has 0 unspecified atom stereocenters. The highest BCUT2D eigenvalue weighted by Gasteiger charge is 2.26. The van der Waals surface area contributed by atoms with E-state index in [-0.39, 0.29) is 0 Å². The number of aromatic amines is 1. The molecule has 0 aliphatic heterocycles. The summed E-state index contributed by atoms with van der Waals surface area (Å²) in [5.74, 6) is 0.781. The van der Waals surface area contributed by atoms with Gasteiger partial charge in [0.15, 0.2) is 0 Å². The molecule has 0 saturated heterocycles. The highest BCUT2D eigenvalue weighted by molar-refractivity contribution is 5.22. The number of H-pyrrole nitrogens is 1. The van der Waals surface area contributed by atoms with Gasteiger partial charge in [0.2, 0.25) is 0 Å². The van der Waals surface area contributed by atoms with E-state index < -0.39 is 0 Å². The van der Waals surface area contributed by atoms with Gasteiger partial charge in [0.05, 0.1) is 11.9 Å². The molecule has 1 aromatic rings. The molecule has 1 heterocycles. The first kappa shape index (κ1) is 5.03. The maximum Gasteiger partial charge on any atom is 0.0869 e. The highest BCUT2D eigenvalue weighted by atomic mass is 15.1. The minimum atomic E-state index is 0.781. The molecule has 0 bridgehead atoms. The van der Waals surface area contributed by atoms with E-state index in [1.54, 1.807) is 0 Å². The first-order valence-electron chi connectivity index (χ1n) is 3.30. The third kappa shape index (κ3) is 0.745. The number of nitrogens with one attached hydrogen (secondary N) is 1. The van der Waals surface area contributed by atoms with Gasteiger partial charge in [-0.25, -0.2) is 0 Å². The second-order valence-electron chi connectivity index (χ2n) is 2.62.